The van der Waals surface area contributed by atoms with Gasteiger partial charge >= 0.3 is 0 Å². The second kappa shape index (κ2) is 13.4. The lowest BCUT2D eigenvalue weighted by atomic mass is 9.93. The highest BCUT2D eigenvalue weighted by atomic mass is 16.5. The van der Waals surface area contributed by atoms with Crippen molar-refractivity contribution in [3.8, 4) is 5.75 Å². The number of oxazole rings is 1. The Morgan fingerprint density at radius 3 is 2.77 bits per heavy atom. The maximum absolute atomic E-state index is 13.3. The fourth-order valence-corrected chi connectivity index (χ4v) is 6.10. The summed E-state index contributed by atoms with van der Waals surface area (Å²) in [6, 6.07) is 8.36. The lowest BCUT2D eigenvalue weighted by Gasteiger charge is -2.31. The third-order valence-electron chi connectivity index (χ3n) is 9.02. The van der Waals surface area contributed by atoms with E-state index in [0.29, 0.717) is 50.8 Å². The number of nitrogens with one attached hydrogen (secondary N) is 1. The minimum Gasteiger partial charge on any atom is -0.485 e. The summed E-state index contributed by atoms with van der Waals surface area (Å²) in [4.78, 5) is 26.7. The van der Waals surface area contributed by atoms with Crippen LogP contribution < -0.4 is 15.0 Å². The highest BCUT2D eigenvalue weighted by Gasteiger charge is 2.24. The molecule has 2 aliphatic heterocycles. The van der Waals surface area contributed by atoms with E-state index in [1.165, 1.54) is 23.9 Å². The number of benzene rings is 1. The van der Waals surface area contributed by atoms with Crippen molar-refractivity contribution in [3.05, 3.63) is 64.4 Å². The summed E-state index contributed by atoms with van der Waals surface area (Å²) in [7, 11) is 0. The molecule has 10 heteroatoms. The number of hydrogen-bond donors (Lipinski definition) is 2. The quantitative estimate of drug-likeness (QED) is 0.294. The van der Waals surface area contributed by atoms with Crippen molar-refractivity contribution in [1.82, 2.24) is 14.9 Å². The Morgan fingerprint density at radius 2 is 2.02 bits per heavy atom. The van der Waals surface area contributed by atoms with Crippen molar-refractivity contribution in [2.75, 3.05) is 49.6 Å². The fraction of sp³-hybridized carbons (Fsp3) is 0.545. The summed E-state index contributed by atoms with van der Waals surface area (Å²) in [5.74, 6) is 3.23. The molecule has 0 bridgehead atoms. The molecule has 2 aromatic heterocycles. The zero-order valence-corrected chi connectivity index (χ0v) is 25.3. The lowest BCUT2D eigenvalue weighted by molar-refractivity contribution is 0.0836. The summed E-state index contributed by atoms with van der Waals surface area (Å²) < 4.78 is 17.0. The van der Waals surface area contributed by atoms with Crippen LogP contribution in [0.4, 0.5) is 11.6 Å². The Balaban J connectivity index is 1.03. The van der Waals surface area contributed by atoms with E-state index in [1.807, 2.05) is 25.1 Å². The van der Waals surface area contributed by atoms with Crippen LogP contribution in [0, 0.1) is 13.8 Å². The van der Waals surface area contributed by atoms with E-state index in [9.17, 15) is 9.90 Å². The van der Waals surface area contributed by atoms with Gasteiger partial charge in [0.05, 0.1) is 25.0 Å². The second-order valence-electron chi connectivity index (χ2n) is 12.0. The van der Waals surface area contributed by atoms with Crippen molar-refractivity contribution >= 4 is 17.4 Å². The number of rotatable bonds is 12. The van der Waals surface area contributed by atoms with E-state index in [-0.39, 0.29) is 5.78 Å². The fourth-order valence-electron chi connectivity index (χ4n) is 6.10. The number of anilines is 2. The van der Waals surface area contributed by atoms with Crippen molar-refractivity contribution in [2.45, 2.75) is 77.7 Å². The first-order chi connectivity index (χ1) is 20.9. The molecule has 0 unspecified atom stereocenters. The summed E-state index contributed by atoms with van der Waals surface area (Å²) in [5.41, 5.74) is 5.22. The van der Waals surface area contributed by atoms with Crippen LogP contribution in [-0.2, 0) is 24.3 Å². The number of aliphatic hydroxyl groups is 1. The summed E-state index contributed by atoms with van der Waals surface area (Å²) in [6.07, 6.45) is 5.98. The maximum Gasteiger partial charge on any atom is 0.181 e. The number of β-amino-alcohol motifs (C(OH)–C–C–N with tert-alkyl or cyclic N) is 1. The molecule has 3 aromatic rings. The zero-order valence-electron chi connectivity index (χ0n) is 25.3. The van der Waals surface area contributed by atoms with Crippen LogP contribution in [0.2, 0.25) is 0 Å². The van der Waals surface area contributed by atoms with Crippen LogP contribution in [0.15, 0.2) is 35.1 Å². The molecule has 6 rings (SSSR count). The minimum atomic E-state index is -0.576. The molecule has 1 saturated heterocycles. The van der Waals surface area contributed by atoms with E-state index in [1.54, 1.807) is 0 Å². The normalized spacial score (nSPS) is 18.2. The molecule has 1 saturated carbocycles. The van der Waals surface area contributed by atoms with Gasteiger partial charge in [-0.25, -0.2) is 9.97 Å². The highest BCUT2D eigenvalue weighted by Crippen LogP contribution is 2.31. The van der Waals surface area contributed by atoms with Gasteiger partial charge in [-0.1, -0.05) is 6.07 Å². The zero-order chi connectivity index (χ0) is 29.8. The third-order valence-corrected chi connectivity index (χ3v) is 9.02. The largest absolute Gasteiger partial charge is 0.485 e. The predicted molar refractivity (Wildman–Crippen MR) is 164 cm³/mol. The molecule has 43 heavy (non-hydrogen) atoms. The van der Waals surface area contributed by atoms with Crippen LogP contribution >= 0.6 is 0 Å². The van der Waals surface area contributed by atoms with Gasteiger partial charge in [0.15, 0.2) is 17.9 Å². The molecule has 2 fully saturated rings. The van der Waals surface area contributed by atoms with Gasteiger partial charge in [-0.15, -0.1) is 0 Å². The van der Waals surface area contributed by atoms with Gasteiger partial charge < -0.3 is 29.2 Å². The van der Waals surface area contributed by atoms with Gasteiger partial charge in [0.2, 0.25) is 0 Å². The Labute approximate surface area is 253 Å². The van der Waals surface area contributed by atoms with Crippen molar-refractivity contribution in [2.24, 2.45) is 0 Å². The number of aromatic nitrogens is 2. The summed E-state index contributed by atoms with van der Waals surface area (Å²) in [6.45, 7) is 9.39. The van der Waals surface area contributed by atoms with E-state index in [0.717, 1.165) is 79.8 Å². The number of ether oxygens (including phenoxy) is 2. The standard InChI is InChI=1S/C33H43N5O5/c1-22-28-10-11-37(18-24(28)6-9-30(22)42-20-31-23(2)34-21-43-31)19-27(39)7-8-29(40)25-16-32(35-26-4-3-5-26)36-33(17-25)38-12-14-41-15-13-38/h6,9,16-17,21,26-27,39H,3-5,7-8,10-15,18-20H2,1-2H3,(H,35,36)/t27-/m0/s1. The van der Waals surface area contributed by atoms with Gasteiger partial charge in [-0.05, 0) is 80.8 Å². The Bertz CT molecular complexity index is 1410. The molecule has 1 aromatic carbocycles. The van der Waals surface area contributed by atoms with E-state index < -0.39 is 6.10 Å². The molecule has 3 aliphatic rings. The first-order valence-electron chi connectivity index (χ1n) is 15.6. The molecule has 4 heterocycles. The van der Waals surface area contributed by atoms with Gasteiger partial charge in [-0.2, -0.15) is 0 Å². The van der Waals surface area contributed by atoms with E-state index >= 15 is 0 Å². The number of fused-ring (bicyclic) bond motifs is 1. The third kappa shape index (κ3) is 7.20. The second-order valence-corrected chi connectivity index (χ2v) is 12.0. The van der Waals surface area contributed by atoms with Crippen LogP contribution in [0.25, 0.3) is 0 Å². The predicted octanol–water partition coefficient (Wildman–Crippen LogP) is 4.45. The number of ketones is 1. The first-order valence-corrected chi connectivity index (χ1v) is 15.6. The number of morpholine rings is 1. The smallest absolute Gasteiger partial charge is 0.181 e. The molecular formula is C33H43N5O5. The number of aryl methyl sites for hydroxylation is 1. The van der Waals surface area contributed by atoms with Gasteiger partial charge in [-0.3, -0.25) is 9.69 Å². The molecule has 230 valence electrons. The molecule has 1 aliphatic carbocycles. The monoisotopic (exact) mass is 589 g/mol. The molecule has 1 atom stereocenters. The molecule has 10 nitrogen and oxygen atoms in total. The number of pyridine rings is 1. The van der Waals surface area contributed by atoms with E-state index in [4.69, 9.17) is 18.9 Å². The Hall–Kier alpha value is -3.47. The van der Waals surface area contributed by atoms with Crippen LogP contribution in [-0.4, -0.2) is 77.3 Å². The lowest BCUT2D eigenvalue weighted by Crippen LogP contribution is -2.37. The molecule has 2 N–H and O–H groups in total. The number of nitrogens with zero attached hydrogens (tertiary/aromatic N) is 4. The average Bonchev–Trinajstić information content (AvgIpc) is 3.42. The molecular weight excluding hydrogens is 546 g/mol. The van der Waals surface area contributed by atoms with Gasteiger partial charge in [0.25, 0.3) is 0 Å². The van der Waals surface area contributed by atoms with Crippen LogP contribution in [0.1, 0.15) is 70.6 Å². The first kappa shape index (κ1) is 29.6. The Morgan fingerprint density at radius 1 is 1.19 bits per heavy atom. The Kier molecular flexibility index (Phi) is 9.25. The number of Topliss-reactive ketones (excluding diaryl/α,β-unsaturated/α-hetero) is 1. The van der Waals surface area contributed by atoms with Crippen LogP contribution in [0.3, 0.4) is 0 Å². The molecule has 0 spiro atoms. The number of hydrogen-bond acceptors (Lipinski definition) is 10. The number of carbonyl (C=O) groups excluding carboxylic acids is 1. The maximum atomic E-state index is 13.3. The molecule has 0 radical (unpaired) electrons. The van der Waals surface area contributed by atoms with Crippen LogP contribution in [0.5, 0.6) is 5.75 Å². The number of aliphatic hydroxyl groups excluding tert-OH is 1. The average molecular weight is 590 g/mol. The van der Waals surface area contributed by atoms with Gasteiger partial charge in [0.1, 0.15) is 24.0 Å². The van der Waals surface area contributed by atoms with Crippen molar-refractivity contribution in [1.29, 1.82) is 0 Å². The van der Waals surface area contributed by atoms with Crippen molar-refractivity contribution in [3.63, 3.8) is 0 Å². The van der Waals surface area contributed by atoms with E-state index in [2.05, 4.69) is 33.1 Å². The minimum absolute atomic E-state index is 0.0419. The summed E-state index contributed by atoms with van der Waals surface area (Å²) >= 11 is 0. The SMILES string of the molecule is Cc1ncoc1COc1ccc2c(c1C)CCN(C[C@@H](O)CCC(=O)c1cc(NC3CCC3)nc(N3CCOCC3)c1)C2. The highest BCUT2D eigenvalue weighted by molar-refractivity contribution is 5.97. The summed E-state index contributed by atoms with van der Waals surface area (Å²) in [5, 5.41) is 14.4. The van der Waals surface area contributed by atoms with Crippen molar-refractivity contribution < 1.29 is 23.8 Å². The molecule has 0 amide bonds. The topological polar surface area (TPSA) is 113 Å². The van der Waals surface area contributed by atoms with Gasteiger partial charge in [0, 0.05) is 50.7 Å². The number of carbonyl (C=O) groups is 1.